The first-order valence-corrected chi connectivity index (χ1v) is 28.6. The topological polar surface area (TPSA) is 337 Å². The molecule has 4 rings (SSSR count). The molecule has 3 amide bonds. The van der Waals surface area contributed by atoms with E-state index in [1.165, 1.54) is 17.5 Å². The number of amidine groups is 1. The number of halogens is 4. The van der Waals surface area contributed by atoms with E-state index in [1.54, 1.807) is 24.3 Å². The first-order chi connectivity index (χ1) is 41.0. The Bertz CT molecular complexity index is 2680. The van der Waals surface area contributed by atoms with Gasteiger partial charge in [-0.15, -0.1) is 0 Å². The van der Waals surface area contributed by atoms with Crippen molar-refractivity contribution in [1.82, 2.24) is 20.3 Å². The Balaban J connectivity index is 0.849. The normalized spacial score (nSPS) is 12.3. The van der Waals surface area contributed by atoms with Gasteiger partial charge in [0.15, 0.2) is 16.5 Å². The third-order valence-electron chi connectivity index (χ3n) is 11.0. The summed E-state index contributed by atoms with van der Waals surface area (Å²) in [6, 6.07) is 4.93. The van der Waals surface area contributed by atoms with Crippen molar-refractivity contribution < 1.29 is 107 Å². The number of benzene rings is 2. The Labute approximate surface area is 489 Å². The summed E-state index contributed by atoms with van der Waals surface area (Å²) in [5.74, 6) is -13.1. The number of anilines is 2. The zero-order valence-electron chi connectivity index (χ0n) is 47.3. The zero-order chi connectivity index (χ0) is 61.7. The zero-order valence-corrected chi connectivity index (χ0v) is 48.2. The number of nitrogens with zero attached hydrogens (tertiary/aromatic N) is 4. The van der Waals surface area contributed by atoms with E-state index in [1.807, 2.05) is 13.8 Å². The molecule has 0 spiro atoms. The molecule has 0 unspecified atom stereocenters. The van der Waals surface area contributed by atoms with E-state index in [0.717, 1.165) is 6.42 Å². The van der Waals surface area contributed by atoms with Crippen LogP contribution in [-0.2, 0) is 76.7 Å². The number of amides is 3. The standard InChI is InChI=1S/C53H74F4N8O19S/c1-3-11-65(83-4-2)52(69)39-32-37-5-6-38(33-41(37)64-42(58)34-39)51(68)63-40-35-61-53(62-36-40)60-10-9-59-43(66)7-12-73-14-16-75-18-20-77-22-24-79-26-28-81-30-31-82-29-27-80-25-23-78-21-19-76-17-15-74-13-8-44(67)84-49-45(54)47(56)50(85(70,71)72)48(57)46(49)55/h5-6,32-33,35-36H,3-4,7-31,34H2,1-2H3,(H2,58,64)(H,59,66)(H,63,68)(H,60,61,62)(H,70,71,72). The maximum atomic E-state index is 14.0. The number of ether oxygens (including phenoxy) is 11. The summed E-state index contributed by atoms with van der Waals surface area (Å²) in [6.45, 7) is 10.8. The first-order valence-electron chi connectivity index (χ1n) is 27.1. The molecule has 0 saturated carbocycles. The number of carbonyl (C=O) groups is 4. The minimum absolute atomic E-state index is 0.0126. The number of hydrogen-bond donors (Lipinski definition) is 5. The Morgan fingerprint density at radius 1 is 0.659 bits per heavy atom. The molecule has 0 bridgehead atoms. The fourth-order valence-electron chi connectivity index (χ4n) is 7.04. The maximum Gasteiger partial charge on any atom is 0.313 e. The molecule has 2 aromatic carbocycles. The third kappa shape index (κ3) is 27.7. The highest BCUT2D eigenvalue weighted by molar-refractivity contribution is 7.85. The first kappa shape index (κ1) is 71.1. The predicted molar refractivity (Wildman–Crippen MR) is 295 cm³/mol. The number of nitrogens with two attached hydrogens (primary N) is 1. The van der Waals surface area contributed by atoms with Crippen molar-refractivity contribution in [2.75, 3.05) is 169 Å². The highest BCUT2D eigenvalue weighted by Gasteiger charge is 2.34. The van der Waals surface area contributed by atoms with E-state index in [0.29, 0.717) is 153 Å². The average molecular weight is 1240 g/mol. The lowest BCUT2D eigenvalue weighted by Crippen LogP contribution is -2.34. The van der Waals surface area contributed by atoms with Crippen LogP contribution >= 0.6 is 0 Å². The van der Waals surface area contributed by atoms with Gasteiger partial charge in [-0.2, -0.15) is 17.2 Å². The summed E-state index contributed by atoms with van der Waals surface area (Å²) in [6.07, 6.45) is 5.06. The lowest BCUT2D eigenvalue weighted by molar-refractivity contribution is -0.180. The van der Waals surface area contributed by atoms with Crippen molar-refractivity contribution in [1.29, 1.82) is 0 Å². The minimum Gasteiger partial charge on any atom is -0.420 e. The lowest BCUT2D eigenvalue weighted by atomic mass is 10.0. The van der Waals surface area contributed by atoms with Crippen LogP contribution in [0.4, 0.5) is 34.9 Å². The largest absolute Gasteiger partial charge is 0.420 e. The van der Waals surface area contributed by atoms with E-state index in [4.69, 9.17) is 62.5 Å². The van der Waals surface area contributed by atoms with Gasteiger partial charge >= 0.3 is 16.1 Å². The molecule has 1 aliphatic rings. The number of esters is 1. The molecular formula is C53H74F4N8O19S. The van der Waals surface area contributed by atoms with Gasteiger partial charge in [-0.25, -0.2) is 28.8 Å². The maximum absolute atomic E-state index is 14.0. The summed E-state index contributed by atoms with van der Waals surface area (Å²) >= 11 is 0. The Morgan fingerprint density at radius 2 is 1.13 bits per heavy atom. The van der Waals surface area contributed by atoms with Gasteiger partial charge in [0.2, 0.25) is 29.2 Å². The molecule has 85 heavy (non-hydrogen) atoms. The third-order valence-corrected chi connectivity index (χ3v) is 11.9. The van der Waals surface area contributed by atoms with Gasteiger partial charge in [-0.3, -0.25) is 28.6 Å². The monoisotopic (exact) mass is 1230 g/mol. The van der Waals surface area contributed by atoms with Crippen LogP contribution in [0, 0.1) is 23.3 Å². The number of fused-ring (bicyclic) bond motifs is 1. The van der Waals surface area contributed by atoms with Crippen molar-refractivity contribution in [3.8, 4) is 5.75 Å². The SMILES string of the molecule is CCCN(OCC)C(=O)C1=Cc2ccc(C(=O)Nc3cnc(NCCNC(=O)CCOCCOCCOCCOCCOCCOCCOCCOCCOCCOCCC(=O)Oc4c(F)c(F)c(S(=O)(=O)O)c(F)c4F)nc3)cc2N=C(N)C1. The molecule has 0 atom stereocenters. The lowest BCUT2D eigenvalue weighted by Gasteiger charge is -2.21. The number of nitrogens with one attached hydrogen (secondary N) is 3. The van der Waals surface area contributed by atoms with Crippen LogP contribution in [0.2, 0.25) is 0 Å². The quantitative estimate of drug-likeness (QED) is 0.0103. The molecule has 2 heterocycles. The number of aliphatic imine (C=N–C) groups is 1. The second-order valence-corrected chi connectivity index (χ2v) is 18.9. The fraction of sp³-hybridized carbons (Fsp3) is 0.566. The molecule has 474 valence electrons. The molecule has 3 aromatic rings. The van der Waals surface area contributed by atoms with Crippen LogP contribution in [0.3, 0.4) is 0 Å². The summed E-state index contributed by atoms with van der Waals surface area (Å²) in [7, 11) is -5.65. The molecule has 0 fully saturated rings. The fourth-order valence-corrected chi connectivity index (χ4v) is 7.67. The van der Waals surface area contributed by atoms with E-state index in [2.05, 4.69) is 35.6 Å². The molecule has 0 saturated heterocycles. The van der Waals surface area contributed by atoms with Crippen molar-refractivity contribution in [2.24, 2.45) is 10.7 Å². The Kier molecular flexibility index (Phi) is 34.1. The van der Waals surface area contributed by atoms with Gasteiger partial charge in [-0.1, -0.05) is 13.0 Å². The predicted octanol–water partition coefficient (Wildman–Crippen LogP) is 3.58. The molecule has 0 radical (unpaired) electrons. The van der Waals surface area contributed by atoms with Gasteiger partial charge < -0.3 is 73.8 Å². The summed E-state index contributed by atoms with van der Waals surface area (Å²) in [5.41, 5.74) is 8.36. The van der Waals surface area contributed by atoms with E-state index in [-0.39, 0.29) is 70.1 Å². The average Bonchev–Trinajstić information content (AvgIpc) is 3.42. The second-order valence-electron chi connectivity index (χ2n) is 17.6. The van der Waals surface area contributed by atoms with Gasteiger partial charge in [0, 0.05) is 49.2 Å². The number of hydroxylamine groups is 2. The smallest absolute Gasteiger partial charge is 0.313 e. The number of hydrogen-bond acceptors (Lipinski definition) is 23. The Morgan fingerprint density at radius 3 is 1.59 bits per heavy atom. The summed E-state index contributed by atoms with van der Waals surface area (Å²) in [4.78, 5) is 66.5. The van der Waals surface area contributed by atoms with Gasteiger partial charge in [-0.05, 0) is 31.6 Å². The molecule has 0 aliphatic carbocycles. The minimum atomic E-state index is -5.65. The van der Waals surface area contributed by atoms with Crippen LogP contribution in [-0.4, -0.2) is 216 Å². The van der Waals surface area contributed by atoms with E-state index < -0.39 is 62.3 Å². The van der Waals surface area contributed by atoms with Crippen molar-refractivity contribution in [3.63, 3.8) is 0 Å². The van der Waals surface area contributed by atoms with Crippen LogP contribution < -0.4 is 26.4 Å². The number of aromatic nitrogens is 2. The highest BCUT2D eigenvalue weighted by atomic mass is 32.2. The number of rotatable bonds is 46. The molecule has 1 aromatic heterocycles. The van der Waals surface area contributed by atoms with Crippen molar-refractivity contribution in [2.45, 2.75) is 44.4 Å². The molecular weight excluding hydrogens is 1160 g/mol. The van der Waals surface area contributed by atoms with Gasteiger partial charge in [0.25, 0.3) is 11.8 Å². The van der Waals surface area contributed by atoms with E-state index in [9.17, 15) is 45.2 Å². The summed E-state index contributed by atoms with van der Waals surface area (Å²) in [5, 5.41) is 9.90. The van der Waals surface area contributed by atoms with Crippen LogP contribution in [0.1, 0.15) is 55.5 Å². The summed E-state index contributed by atoms with van der Waals surface area (Å²) < 4.78 is 145. The Hall–Kier alpha value is -6.40. The van der Waals surface area contributed by atoms with E-state index >= 15 is 0 Å². The van der Waals surface area contributed by atoms with Crippen LogP contribution in [0.15, 0.2) is 46.1 Å². The molecule has 1 aliphatic heterocycles. The van der Waals surface area contributed by atoms with Gasteiger partial charge in [0.05, 0.1) is 169 Å². The van der Waals surface area contributed by atoms with Crippen molar-refractivity contribution >= 4 is 63.0 Å². The van der Waals surface area contributed by atoms with Crippen LogP contribution in [0.5, 0.6) is 5.75 Å². The molecule has 6 N–H and O–H groups in total. The van der Waals surface area contributed by atoms with Crippen LogP contribution in [0.25, 0.3) is 6.08 Å². The molecule has 27 nitrogen and oxygen atoms in total. The van der Waals surface area contributed by atoms with Crippen molar-refractivity contribution in [3.05, 3.63) is 70.6 Å². The second kappa shape index (κ2) is 40.8. The number of carbonyl (C=O) groups excluding carboxylic acids is 4. The van der Waals surface area contributed by atoms with Gasteiger partial charge in [0.1, 0.15) is 5.84 Å². The molecule has 32 heteroatoms. The highest BCUT2D eigenvalue weighted by Crippen LogP contribution is 2.33.